The zero-order chi connectivity index (χ0) is 11.5. The minimum atomic E-state index is -0.664. The lowest BCUT2D eigenvalue weighted by Crippen LogP contribution is -2.33. The maximum atomic E-state index is 10.7. The topological polar surface area (TPSA) is 40.5 Å². The van der Waals surface area contributed by atoms with Crippen molar-refractivity contribution in [2.75, 3.05) is 13.1 Å². The fourth-order valence-electron chi connectivity index (χ4n) is 2.10. The van der Waals surface area contributed by atoms with Gasteiger partial charge in [0.15, 0.2) is 0 Å². The van der Waals surface area contributed by atoms with Crippen molar-refractivity contribution < 1.29 is 9.90 Å². The highest BCUT2D eigenvalue weighted by molar-refractivity contribution is 5.67. The van der Waals surface area contributed by atoms with Crippen LogP contribution in [0.15, 0.2) is 0 Å². The summed E-state index contributed by atoms with van der Waals surface area (Å²) in [6, 6.07) is 0.282. The van der Waals surface area contributed by atoms with Crippen molar-refractivity contribution in [3.8, 4) is 0 Å². The molecule has 1 saturated heterocycles. The molecule has 1 N–H and O–H groups in total. The number of nitrogens with zero attached hydrogens (tertiary/aromatic N) is 1. The van der Waals surface area contributed by atoms with Crippen LogP contribution < -0.4 is 0 Å². The molecule has 1 aliphatic heterocycles. The number of hydrogen-bond acceptors (Lipinski definition) is 2. The molecule has 1 heterocycles. The molecular formula is C12H23NO2. The molecule has 3 nitrogen and oxygen atoms in total. The van der Waals surface area contributed by atoms with Gasteiger partial charge >= 0.3 is 5.97 Å². The van der Waals surface area contributed by atoms with Crippen LogP contribution in [-0.4, -0.2) is 35.1 Å². The zero-order valence-corrected chi connectivity index (χ0v) is 10.1. The molecule has 0 radical (unpaired) electrons. The second kappa shape index (κ2) is 4.97. The number of carboxylic acid groups (broad SMARTS) is 1. The number of hydrogen-bond donors (Lipinski definition) is 1. The second-order valence-corrected chi connectivity index (χ2v) is 5.74. The van der Waals surface area contributed by atoms with Crippen molar-refractivity contribution in [1.82, 2.24) is 4.90 Å². The number of rotatable bonds is 4. The highest BCUT2D eigenvalue weighted by Gasteiger charge is 2.27. The zero-order valence-electron chi connectivity index (χ0n) is 10.1. The molecule has 0 aromatic heterocycles. The Morgan fingerprint density at radius 1 is 1.47 bits per heavy atom. The largest absolute Gasteiger partial charge is 0.481 e. The van der Waals surface area contributed by atoms with Crippen molar-refractivity contribution in [3.05, 3.63) is 0 Å². The molecule has 3 heteroatoms. The second-order valence-electron chi connectivity index (χ2n) is 5.74. The lowest BCUT2D eigenvalue weighted by molar-refractivity contribution is -0.138. The van der Waals surface area contributed by atoms with Crippen molar-refractivity contribution >= 4 is 5.97 Å². The van der Waals surface area contributed by atoms with Crippen molar-refractivity contribution in [3.63, 3.8) is 0 Å². The van der Waals surface area contributed by atoms with Crippen LogP contribution in [0.25, 0.3) is 0 Å². The molecular weight excluding hydrogens is 190 g/mol. The summed E-state index contributed by atoms with van der Waals surface area (Å²) < 4.78 is 0. The van der Waals surface area contributed by atoms with Gasteiger partial charge in [0.2, 0.25) is 0 Å². The first-order valence-corrected chi connectivity index (χ1v) is 5.84. The first kappa shape index (κ1) is 12.5. The minimum absolute atomic E-state index is 0.282. The molecule has 0 bridgehead atoms. The summed E-state index contributed by atoms with van der Waals surface area (Å²) in [5.41, 5.74) is 0.344. The molecule has 1 aliphatic rings. The van der Waals surface area contributed by atoms with Gasteiger partial charge in [-0.3, -0.25) is 9.69 Å². The van der Waals surface area contributed by atoms with E-state index >= 15 is 0 Å². The summed E-state index contributed by atoms with van der Waals surface area (Å²) in [5.74, 6) is -0.664. The van der Waals surface area contributed by atoms with E-state index in [-0.39, 0.29) is 6.04 Å². The molecule has 1 rings (SSSR count). The molecule has 0 amide bonds. The van der Waals surface area contributed by atoms with Gasteiger partial charge in [0.25, 0.3) is 0 Å². The van der Waals surface area contributed by atoms with Gasteiger partial charge in [-0.25, -0.2) is 0 Å². The standard InChI is InChI=1S/C12H23NO2/c1-12(2,3)6-8-13-7-4-5-10(13)9-11(14)15/h10H,4-9H2,1-3H3,(H,14,15)/t10-/m0/s1. The highest BCUT2D eigenvalue weighted by atomic mass is 16.4. The van der Waals surface area contributed by atoms with E-state index in [2.05, 4.69) is 25.7 Å². The third-order valence-corrected chi connectivity index (χ3v) is 3.06. The van der Waals surface area contributed by atoms with Crippen molar-refractivity contribution in [1.29, 1.82) is 0 Å². The summed E-state index contributed by atoms with van der Waals surface area (Å²) in [5, 5.41) is 8.79. The maximum absolute atomic E-state index is 10.7. The number of carboxylic acids is 1. The molecule has 0 aromatic rings. The van der Waals surface area contributed by atoms with Gasteiger partial charge in [-0.1, -0.05) is 20.8 Å². The molecule has 0 aromatic carbocycles. The van der Waals surface area contributed by atoms with E-state index in [0.29, 0.717) is 11.8 Å². The van der Waals surface area contributed by atoms with E-state index in [9.17, 15) is 4.79 Å². The average Bonchev–Trinajstić information content (AvgIpc) is 2.46. The normalized spacial score (nSPS) is 23.3. The first-order valence-electron chi connectivity index (χ1n) is 5.84. The Morgan fingerprint density at radius 3 is 2.67 bits per heavy atom. The van der Waals surface area contributed by atoms with Crippen molar-refractivity contribution in [2.24, 2.45) is 5.41 Å². The number of likely N-dealkylation sites (tertiary alicyclic amines) is 1. The summed E-state index contributed by atoms with van der Waals surface area (Å²) >= 11 is 0. The molecule has 15 heavy (non-hydrogen) atoms. The summed E-state index contributed by atoms with van der Waals surface area (Å²) in [6.07, 6.45) is 3.66. The van der Waals surface area contributed by atoms with E-state index in [1.807, 2.05) is 0 Å². The Hall–Kier alpha value is -0.570. The van der Waals surface area contributed by atoms with Crippen LogP contribution in [0.5, 0.6) is 0 Å². The Kier molecular flexibility index (Phi) is 4.14. The SMILES string of the molecule is CC(C)(C)CCN1CCC[C@H]1CC(=O)O. The van der Waals surface area contributed by atoms with Gasteiger partial charge in [-0.2, -0.15) is 0 Å². The minimum Gasteiger partial charge on any atom is -0.481 e. The average molecular weight is 213 g/mol. The Bertz CT molecular complexity index is 220. The van der Waals surface area contributed by atoms with E-state index in [0.717, 1.165) is 32.4 Å². The van der Waals surface area contributed by atoms with Crippen LogP contribution in [0.2, 0.25) is 0 Å². The van der Waals surface area contributed by atoms with E-state index < -0.39 is 5.97 Å². The van der Waals surface area contributed by atoms with E-state index in [1.54, 1.807) is 0 Å². The maximum Gasteiger partial charge on any atom is 0.304 e. The van der Waals surface area contributed by atoms with Gasteiger partial charge in [0.05, 0.1) is 6.42 Å². The highest BCUT2D eigenvalue weighted by Crippen LogP contribution is 2.24. The quantitative estimate of drug-likeness (QED) is 0.779. The van der Waals surface area contributed by atoms with Gasteiger partial charge in [-0.05, 0) is 37.8 Å². The third-order valence-electron chi connectivity index (χ3n) is 3.06. The Balaban J connectivity index is 2.36. The predicted octanol–water partition coefficient (Wildman–Crippen LogP) is 2.36. The fraction of sp³-hybridized carbons (Fsp3) is 0.917. The molecule has 0 aliphatic carbocycles. The third kappa shape index (κ3) is 4.65. The Labute approximate surface area is 92.5 Å². The van der Waals surface area contributed by atoms with E-state index in [4.69, 9.17) is 5.11 Å². The summed E-state index contributed by atoms with van der Waals surface area (Å²) in [6.45, 7) is 8.81. The molecule has 0 saturated carbocycles. The van der Waals surface area contributed by atoms with Crippen LogP contribution >= 0.6 is 0 Å². The lowest BCUT2D eigenvalue weighted by atomic mass is 9.92. The molecule has 1 fully saturated rings. The van der Waals surface area contributed by atoms with Crippen LogP contribution in [0.3, 0.4) is 0 Å². The molecule has 0 spiro atoms. The predicted molar refractivity (Wildman–Crippen MR) is 60.9 cm³/mol. The number of carbonyl (C=O) groups is 1. The molecule has 88 valence electrons. The summed E-state index contributed by atoms with van der Waals surface area (Å²) in [4.78, 5) is 13.0. The van der Waals surface area contributed by atoms with Crippen LogP contribution in [0, 0.1) is 5.41 Å². The van der Waals surface area contributed by atoms with Crippen LogP contribution in [-0.2, 0) is 4.79 Å². The van der Waals surface area contributed by atoms with Gasteiger partial charge in [0, 0.05) is 6.04 Å². The molecule has 0 unspecified atom stereocenters. The summed E-state index contributed by atoms with van der Waals surface area (Å²) in [7, 11) is 0. The van der Waals surface area contributed by atoms with Crippen molar-refractivity contribution in [2.45, 2.75) is 52.5 Å². The van der Waals surface area contributed by atoms with Gasteiger partial charge in [-0.15, -0.1) is 0 Å². The first-order chi connectivity index (χ1) is 6.88. The van der Waals surface area contributed by atoms with E-state index in [1.165, 1.54) is 0 Å². The van der Waals surface area contributed by atoms with Crippen LogP contribution in [0.1, 0.15) is 46.5 Å². The van der Waals surface area contributed by atoms with Crippen LogP contribution in [0.4, 0.5) is 0 Å². The fourth-order valence-corrected chi connectivity index (χ4v) is 2.10. The van der Waals surface area contributed by atoms with Gasteiger partial charge in [0.1, 0.15) is 0 Å². The van der Waals surface area contributed by atoms with Gasteiger partial charge < -0.3 is 5.11 Å². The molecule has 1 atom stereocenters. The number of aliphatic carboxylic acids is 1. The lowest BCUT2D eigenvalue weighted by Gasteiger charge is -2.27. The Morgan fingerprint density at radius 2 is 2.13 bits per heavy atom. The monoisotopic (exact) mass is 213 g/mol. The smallest absolute Gasteiger partial charge is 0.304 e.